The molecule has 29 heavy (non-hydrogen) atoms. The molecule has 0 saturated carbocycles. The van der Waals surface area contributed by atoms with E-state index in [4.69, 9.17) is 14.7 Å². The first-order chi connectivity index (χ1) is 13.7. The molecule has 152 valence electrons. The lowest BCUT2D eigenvalue weighted by Crippen LogP contribution is -2.17. The molecular weight excluding hydrogens is 472 g/mol. The molecule has 0 aromatic heterocycles. The summed E-state index contributed by atoms with van der Waals surface area (Å²) >= 11 is 0.748. The van der Waals surface area contributed by atoms with Gasteiger partial charge in [0.05, 0.1) is 16.5 Å². The van der Waals surface area contributed by atoms with Crippen LogP contribution in [0.4, 0.5) is 8.78 Å². The highest BCUT2D eigenvalue weighted by molar-refractivity contribution is 9.09. The van der Waals surface area contributed by atoms with E-state index in [2.05, 4.69) is 15.9 Å². The standard InChI is InChI=1S/C19H14BrF2NO5S/c1-9(24)27-19-15-11(8-29(25)26)2-3-14(16(15)17(20)18(19)22)28-13-5-10(7-23)4-12(21)6-13/h2-6,17-19H,8H2,1H3,(H,25,26)/p-1/t17-,18+,19-/m0/s1. The Labute approximate surface area is 175 Å². The van der Waals surface area contributed by atoms with Gasteiger partial charge in [0.2, 0.25) is 0 Å². The van der Waals surface area contributed by atoms with Crippen LogP contribution in [0.5, 0.6) is 11.5 Å². The second-order valence-electron chi connectivity index (χ2n) is 6.26. The van der Waals surface area contributed by atoms with Crippen LogP contribution in [0, 0.1) is 17.1 Å². The van der Waals surface area contributed by atoms with E-state index < -0.39 is 45.7 Å². The number of carbonyl (C=O) groups is 1. The minimum atomic E-state index is -2.47. The van der Waals surface area contributed by atoms with Crippen molar-refractivity contribution >= 4 is 33.0 Å². The van der Waals surface area contributed by atoms with Crippen molar-refractivity contribution in [2.75, 3.05) is 0 Å². The molecule has 0 amide bonds. The highest BCUT2D eigenvalue weighted by Gasteiger charge is 2.45. The zero-order valence-electron chi connectivity index (χ0n) is 14.9. The molecule has 0 aliphatic heterocycles. The SMILES string of the molecule is CC(=O)O[C@H]1c2c(CS(=O)[O-])ccc(Oc3cc(F)cc(C#N)c3)c2[C@H](Br)[C@H]1F. The minimum absolute atomic E-state index is 0.00921. The van der Waals surface area contributed by atoms with Crippen molar-refractivity contribution < 1.29 is 31.8 Å². The van der Waals surface area contributed by atoms with Crippen LogP contribution < -0.4 is 4.74 Å². The number of nitrogens with zero attached hydrogens (tertiary/aromatic N) is 1. The quantitative estimate of drug-likeness (QED) is 0.357. The summed E-state index contributed by atoms with van der Waals surface area (Å²) in [6, 6.07) is 8.05. The zero-order chi connectivity index (χ0) is 21.3. The maximum absolute atomic E-state index is 14.9. The first-order valence-electron chi connectivity index (χ1n) is 8.26. The van der Waals surface area contributed by atoms with Crippen molar-refractivity contribution in [2.24, 2.45) is 0 Å². The van der Waals surface area contributed by atoms with Gasteiger partial charge < -0.3 is 14.0 Å². The van der Waals surface area contributed by atoms with Crippen molar-refractivity contribution in [3.05, 3.63) is 58.4 Å². The fraction of sp³-hybridized carbons (Fsp3) is 0.263. The van der Waals surface area contributed by atoms with Gasteiger partial charge in [0.25, 0.3) is 0 Å². The zero-order valence-corrected chi connectivity index (χ0v) is 17.3. The number of fused-ring (bicyclic) bond motifs is 1. The third-order valence-electron chi connectivity index (χ3n) is 4.26. The second kappa shape index (κ2) is 8.57. The number of hydrogen-bond donors (Lipinski definition) is 0. The molecule has 2 aromatic carbocycles. The van der Waals surface area contributed by atoms with Gasteiger partial charge in [-0.3, -0.25) is 9.00 Å². The lowest BCUT2D eigenvalue weighted by molar-refractivity contribution is -0.149. The Morgan fingerprint density at radius 1 is 1.34 bits per heavy atom. The van der Waals surface area contributed by atoms with Gasteiger partial charge in [-0.25, -0.2) is 8.78 Å². The van der Waals surface area contributed by atoms with Crippen LogP contribution in [0.15, 0.2) is 30.3 Å². The molecule has 1 unspecified atom stereocenters. The number of carbonyl (C=O) groups excluding carboxylic acids is 1. The van der Waals surface area contributed by atoms with Gasteiger partial charge in [0.1, 0.15) is 17.3 Å². The van der Waals surface area contributed by atoms with E-state index in [1.165, 1.54) is 18.2 Å². The lowest BCUT2D eigenvalue weighted by Gasteiger charge is -2.19. The van der Waals surface area contributed by atoms with Gasteiger partial charge in [-0.2, -0.15) is 5.26 Å². The average molecular weight is 485 g/mol. The normalized spacial score (nSPS) is 21.2. The summed E-state index contributed by atoms with van der Waals surface area (Å²) in [6.07, 6.45) is -3.02. The third kappa shape index (κ3) is 4.47. The molecule has 0 heterocycles. The maximum atomic E-state index is 14.9. The highest BCUT2D eigenvalue weighted by atomic mass is 79.9. The Kier molecular flexibility index (Phi) is 6.31. The Morgan fingerprint density at radius 3 is 2.69 bits per heavy atom. The molecule has 3 rings (SSSR count). The van der Waals surface area contributed by atoms with E-state index in [0.717, 1.165) is 19.1 Å². The molecule has 0 radical (unpaired) electrons. The largest absolute Gasteiger partial charge is 0.772 e. The number of alkyl halides is 2. The summed E-state index contributed by atoms with van der Waals surface area (Å²) in [4.78, 5) is 10.5. The van der Waals surface area contributed by atoms with Gasteiger partial charge in [0.15, 0.2) is 12.3 Å². The third-order valence-corrected chi connectivity index (χ3v) is 5.77. The van der Waals surface area contributed by atoms with Crippen LogP contribution in [0.25, 0.3) is 0 Å². The number of ether oxygens (including phenoxy) is 2. The van der Waals surface area contributed by atoms with Crippen LogP contribution in [-0.2, 0) is 26.4 Å². The van der Waals surface area contributed by atoms with E-state index in [-0.39, 0.29) is 33.8 Å². The first-order valence-corrected chi connectivity index (χ1v) is 10.4. The van der Waals surface area contributed by atoms with Crippen LogP contribution in [-0.4, -0.2) is 20.9 Å². The van der Waals surface area contributed by atoms with Crippen LogP contribution in [0.3, 0.4) is 0 Å². The summed E-state index contributed by atoms with van der Waals surface area (Å²) in [7, 11) is 0. The first kappa shape index (κ1) is 21.4. The van der Waals surface area contributed by atoms with Gasteiger partial charge >= 0.3 is 5.97 Å². The topological polar surface area (TPSA) is 99.5 Å². The van der Waals surface area contributed by atoms with E-state index in [1.54, 1.807) is 6.07 Å². The number of hydrogen-bond acceptors (Lipinski definition) is 6. The minimum Gasteiger partial charge on any atom is -0.772 e. The molecule has 6 nitrogen and oxygen atoms in total. The average Bonchev–Trinajstić information content (AvgIpc) is 2.88. The molecule has 0 fully saturated rings. The number of nitriles is 1. The van der Waals surface area contributed by atoms with E-state index in [0.29, 0.717) is 0 Å². The van der Waals surface area contributed by atoms with Crippen molar-refractivity contribution in [3.63, 3.8) is 0 Å². The Balaban J connectivity index is 2.13. The predicted molar refractivity (Wildman–Crippen MR) is 101 cm³/mol. The van der Waals surface area contributed by atoms with E-state index in [9.17, 15) is 22.3 Å². The molecule has 0 saturated heterocycles. The second-order valence-corrected chi connectivity index (χ2v) is 8.15. The molecule has 0 spiro atoms. The molecule has 0 N–H and O–H groups in total. The number of esters is 1. The fourth-order valence-electron chi connectivity index (χ4n) is 3.21. The predicted octanol–water partition coefficient (Wildman–Crippen LogP) is 4.26. The number of benzene rings is 2. The highest BCUT2D eigenvalue weighted by Crippen LogP contribution is 2.53. The van der Waals surface area contributed by atoms with Gasteiger partial charge in [-0.15, -0.1) is 0 Å². The Hall–Kier alpha value is -2.35. The van der Waals surface area contributed by atoms with Crippen molar-refractivity contribution in [1.29, 1.82) is 5.26 Å². The molecule has 1 aliphatic rings. The molecule has 1 aliphatic carbocycles. The lowest BCUT2D eigenvalue weighted by atomic mass is 10.0. The van der Waals surface area contributed by atoms with E-state index >= 15 is 0 Å². The Bertz CT molecular complexity index is 1040. The summed E-state index contributed by atoms with van der Waals surface area (Å²) in [5, 5.41) is 8.99. The van der Waals surface area contributed by atoms with Gasteiger partial charge in [-0.05, 0) is 23.8 Å². The van der Waals surface area contributed by atoms with Crippen molar-refractivity contribution in [2.45, 2.75) is 29.8 Å². The monoisotopic (exact) mass is 484 g/mol. The number of halogens is 3. The summed E-state index contributed by atoms with van der Waals surface area (Å²) in [5.74, 6) is -1.70. The summed E-state index contributed by atoms with van der Waals surface area (Å²) in [6.45, 7) is 1.12. The molecule has 0 bridgehead atoms. The summed E-state index contributed by atoms with van der Waals surface area (Å²) in [5.41, 5.74) is 0.739. The van der Waals surface area contributed by atoms with Crippen LogP contribution >= 0.6 is 15.9 Å². The number of rotatable bonds is 5. The van der Waals surface area contributed by atoms with Crippen molar-refractivity contribution in [1.82, 2.24) is 0 Å². The van der Waals surface area contributed by atoms with Gasteiger partial charge in [0, 0.05) is 29.9 Å². The molecule has 4 atom stereocenters. The van der Waals surface area contributed by atoms with Gasteiger partial charge in [-0.1, -0.05) is 33.1 Å². The van der Waals surface area contributed by atoms with E-state index in [1.807, 2.05) is 0 Å². The Morgan fingerprint density at radius 2 is 2.07 bits per heavy atom. The van der Waals surface area contributed by atoms with Crippen LogP contribution in [0.2, 0.25) is 0 Å². The molecular formula is C19H13BrF2NO5S-. The molecule has 2 aromatic rings. The van der Waals surface area contributed by atoms with Crippen LogP contribution in [0.1, 0.15) is 40.1 Å². The maximum Gasteiger partial charge on any atom is 0.303 e. The smallest absolute Gasteiger partial charge is 0.303 e. The van der Waals surface area contributed by atoms with Crippen molar-refractivity contribution in [3.8, 4) is 17.6 Å². The summed E-state index contributed by atoms with van der Waals surface area (Å²) < 4.78 is 61.9. The fourth-order valence-corrected chi connectivity index (χ4v) is 4.47. The molecule has 10 heteroatoms.